The van der Waals surface area contributed by atoms with Gasteiger partial charge >= 0.3 is 0 Å². The van der Waals surface area contributed by atoms with Crippen LogP contribution in [0.25, 0.3) is 0 Å². The smallest absolute Gasteiger partial charge is 0.0316 e. The maximum absolute atomic E-state index is 5.84. The number of hydrogen-bond acceptors (Lipinski definition) is 2. The monoisotopic (exact) mass is 280 g/mol. The topological polar surface area (TPSA) is 29.3 Å². The van der Waals surface area contributed by atoms with Crippen LogP contribution in [-0.4, -0.2) is 18.0 Å². The molecule has 2 aromatic rings. The van der Waals surface area contributed by atoms with Crippen LogP contribution in [0.15, 0.2) is 48.5 Å². The Morgan fingerprint density at radius 1 is 1.00 bits per heavy atom. The van der Waals surface area contributed by atoms with E-state index >= 15 is 0 Å². The van der Waals surface area contributed by atoms with Crippen LogP contribution in [-0.2, 0) is 19.4 Å². The third-order valence-corrected chi connectivity index (χ3v) is 4.32. The molecule has 110 valence electrons. The molecule has 2 nitrogen and oxygen atoms in total. The largest absolute Gasteiger partial charge is 0.399 e. The zero-order valence-electron chi connectivity index (χ0n) is 12.6. The van der Waals surface area contributed by atoms with Gasteiger partial charge in [-0.1, -0.05) is 36.4 Å². The first-order chi connectivity index (χ1) is 10.3. The molecule has 0 spiro atoms. The first-order valence-corrected chi connectivity index (χ1v) is 7.95. The van der Waals surface area contributed by atoms with Gasteiger partial charge in [-0.2, -0.15) is 0 Å². The van der Waals surface area contributed by atoms with E-state index in [4.69, 9.17) is 5.73 Å². The molecule has 0 fully saturated rings. The molecule has 0 unspecified atom stereocenters. The third-order valence-electron chi connectivity index (χ3n) is 4.32. The van der Waals surface area contributed by atoms with E-state index < -0.39 is 0 Å². The summed E-state index contributed by atoms with van der Waals surface area (Å²) >= 11 is 0. The van der Waals surface area contributed by atoms with E-state index in [1.165, 1.54) is 49.0 Å². The van der Waals surface area contributed by atoms with E-state index in [2.05, 4.69) is 41.3 Å². The molecule has 0 aliphatic carbocycles. The Labute approximate surface area is 127 Å². The number of nitrogen functional groups attached to an aromatic ring is 1. The van der Waals surface area contributed by atoms with Crippen molar-refractivity contribution in [3.63, 3.8) is 0 Å². The molecule has 1 heterocycles. The van der Waals surface area contributed by atoms with Gasteiger partial charge in [0.15, 0.2) is 0 Å². The number of fused-ring (bicyclic) bond motifs is 1. The van der Waals surface area contributed by atoms with Gasteiger partial charge in [0.25, 0.3) is 0 Å². The Morgan fingerprint density at radius 2 is 1.86 bits per heavy atom. The number of anilines is 1. The molecule has 21 heavy (non-hydrogen) atoms. The lowest BCUT2D eigenvalue weighted by Gasteiger charge is -2.20. The minimum absolute atomic E-state index is 0.871. The summed E-state index contributed by atoms with van der Waals surface area (Å²) < 4.78 is 0. The third kappa shape index (κ3) is 3.85. The lowest BCUT2D eigenvalue weighted by molar-refractivity contribution is 0.266. The maximum atomic E-state index is 5.84. The van der Waals surface area contributed by atoms with Crippen LogP contribution in [0.5, 0.6) is 0 Å². The zero-order valence-corrected chi connectivity index (χ0v) is 12.6. The molecule has 0 saturated heterocycles. The van der Waals surface area contributed by atoms with Crippen LogP contribution in [0.2, 0.25) is 0 Å². The summed E-state index contributed by atoms with van der Waals surface area (Å²) in [7, 11) is 0. The summed E-state index contributed by atoms with van der Waals surface area (Å²) in [6.45, 7) is 3.49. The normalized spacial score (nSPS) is 15.4. The first kappa shape index (κ1) is 14.2. The molecule has 2 heteroatoms. The van der Waals surface area contributed by atoms with Gasteiger partial charge in [-0.3, -0.25) is 4.90 Å². The molecule has 2 N–H and O–H groups in total. The average Bonchev–Trinajstić information content (AvgIpc) is 2.69. The summed E-state index contributed by atoms with van der Waals surface area (Å²) in [6, 6.07) is 17.2. The van der Waals surface area contributed by atoms with Crippen LogP contribution in [0.1, 0.15) is 29.5 Å². The Hall–Kier alpha value is -1.80. The van der Waals surface area contributed by atoms with Gasteiger partial charge < -0.3 is 5.73 Å². The van der Waals surface area contributed by atoms with Crippen molar-refractivity contribution in [1.29, 1.82) is 0 Å². The van der Waals surface area contributed by atoms with Gasteiger partial charge in [-0.15, -0.1) is 0 Å². The van der Waals surface area contributed by atoms with Gasteiger partial charge in [-0.25, -0.2) is 0 Å². The van der Waals surface area contributed by atoms with E-state index in [1.807, 2.05) is 12.1 Å². The molecule has 0 amide bonds. The highest BCUT2D eigenvalue weighted by molar-refractivity contribution is 5.40. The van der Waals surface area contributed by atoms with Crippen molar-refractivity contribution >= 4 is 5.69 Å². The fourth-order valence-corrected chi connectivity index (χ4v) is 3.21. The molecule has 0 aromatic heterocycles. The van der Waals surface area contributed by atoms with E-state index in [-0.39, 0.29) is 0 Å². The Bertz CT molecular complexity index is 592. The van der Waals surface area contributed by atoms with Crippen molar-refractivity contribution in [2.75, 3.05) is 18.8 Å². The molecular formula is C19H24N2. The number of aryl methyl sites for hydroxylation is 2. The average molecular weight is 280 g/mol. The SMILES string of the molecule is Nc1cccc(CCCN2CCCc3ccccc3C2)c1. The predicted octanol–water partition coefficient (Wildman–Crippen LogP) is 3.65. The second kappa shape index (κ2) is 6.77. The highest BCUT2D eigenvalue weighted by Gasteiger charge is 2.13. The molecule has 1 aliphatic heterocycles. The molecule has 1 aliphatic rings. The highest BCUT2D eigenvalue weighted by atomic mass is 15.1. The van der Waals surface area contributed by atoms with E-state index in [9.17, 15) is 0 Å². The molecular weight excluding hydrogens is 256 g/mol. The van der Waals surface area contributed by atoms with E-state index in [1.54, 1.807) is 0 Å². The summed E-state index contributed by atoms with van der Waals surface area (Å²) in [6.07, 6.45) is 4.81. The van der Waals surface area contributed by atoms with Crippen LogP contribution >= 0.6 is 0 Å². The zero-order chi connectivity index (χ0) is 14.5. The molecule has 0 atom stereocenters. The number of rotatable bonds is 4. The van der Waals surface area contributed by atoms with Gasteiger partial charge in [0.05, 0.1) is 0 Å². The highest BCUT2D eigenvalue weighted by Crippen LogP contribution is 2.19. The van der Waals surface area contributed by atoms with Crippen molar-refractivity contribution in [1.82, 2.24) is 4.90 Å². The summed E-state index contributed by atoms with van der Waals surface area (Å²) in [4.78, 5) is 2.60. The fraction of sp³-hybridized carbons (Fsp3) is 0.368. The standard InChI is InChI=1S/C19H24N2/c20-19-11-3-6-16(14-19)7-4-12-21-13-5-10-17-8-1-2-9-18(17)15-21/h1-3,6,8-9,11,14H,4-5,7,10,12-13,15,20H2. The molecule has 0 radical (unpaired) electrons. The van der Waals surface area contributed by atoms with Crippen LogP contribution in [0.4, 0.5) is 5.69 Å². The maximum Gasteiger partial charge on any atom is 0.0316 e. The van der Waals surface area contributed by atoms with Gasteiger partial charge in [0, 0.05) is 12.2 Å². The molecule has 0 bridgehead atoms. The Morgan fingerprint density at radius 3 is 2.71 bits per heavy atom. The van der Waals surface area contributed by atoms with Crippen LogP contribution < -0.4 is 5.73 Å². The second-order valence-electron chi connectivity index (χ2n) is 6.00. The van der Waals surface area contributed by atoms with Crippen molar-refractivity contribution < 1.29 is 0 Å². The first-order valence-electron chi connectivity index (χ1n) is 7.95. The predicted molar refractivity (Wildman–Crippen MR) is 89.2 cm³/mol. The number of benzene rings is 2. The second-order valence-corrected chi connectivity index (χ2v) is 6.00. The van der Waals surface area contributed by atoms with Crippen molar-refractivity contribution in [2.45, 2.75) is 32.2 Å². The van der Waals surface area contributed by atoms with Crippen LogP contribution in [0.3, 0.4) is 0 Å². The number of nitrogens with zero attached hydrogens (tertiary/aromatic N) is 1. The lowest BCUT2D eigenvalue weighted by Crippen LogP contribution is -2.24. The Balaban J connectivity index is 1.54. The minimum Gasteiger partial charge on any atom is -0.399 e. The van der Waals surface area contributed by atoms with Gasteiger partial charge in [-0.05, 0) is 67.6 Å². The van der Waals surface area contributed by atoms with Crippen molar-refractivity contribution in [3.05, 3.63) is 65.2 Å². The number of nitrogens with two attached hydrogens (primary N) is 1. The van der Waals surface area contributed by atoms with Crippen molar-refractivity contribution in [3.8, 4) is 0 Å². The lowest BCUT2D eigenvalue weighted by atomic mass is 10.0. The summed E-state index contributed by atoms with van der Waals surface area (Å²) in [5.41, 5.74) is 11.1. The summed E-state index contributed by atoms with van der Waals surface area (Å²) in [5.74, 6) is 0. The van der Waals surface area contributed by atoms with E-state index in [0.717, 1.165) is 18.7 Å². The molecule has 0 saturated carbocycles. The Kier molecular flexibility index (Phi) is 4.56. The van der Waals surface area contributed by atoms with Gasteiger partial charge in [0.2, 0.25) is 0 Å². The number of hydrogen-bond donors (Lipinski definition) is 1. The minimum atomic E-state index is 0.871. The summed E-state index contributed by atoms with van der Waals surface area (Å²) in [5, 5.41) is 0. The quantitative estimate of drug-likeness (QED) is 0.866. The van der Waals surface area contributed by atoms with E-state index in [0.29, 0.717) is 0 Å². The fourth-order valence-electron chi connectivity index (χ4n) is 3.21. The molecule has 3 rings (SSSR count). The van der Waals surface area contributed by atoms with Crippen molar-refractivity contribution in [2.24, 2.45) is 0 Å². The van der Waals surface area contributed by atoms with Crippen LogP contribution in [0, 0.1) is 0 Å². The molecule has 2 aromatic carbocycles. The van der Waals surface area contributed by atoms with Gasteiger partial charge in [0.1, 0.15) is 0 Å².